The lowest BCUT2D eigenvalue weighted by Gasteiger charge is -2.34. The third-order valence-corrected chi connectivity index (χ3v) is 5.58. The van der Waals surface area contributed by atoms with E-state index in [9.17, 15) is 14.7 Å². The molecule has 0 radical (unpaired) electrons. The number of carboxylic acids is 1. The molecule has 3 unspecified atom stereocenters. The van der Waals surface area contributed by atoms with Crippen molar-refractivity contribution in [3.05, 3.63) is 35.9 Å². The van der Waals surface area contributed by atoms with Crippen LogP contribution in [0.4, 0.5) is 4.79 Å². The normalized spacial score (nSPS) is 30.1. The molecule has 0 aromatic heterocycles. The summed E-state index contributed by atoms with van der Waals surface area (Å²) in [5.41, 5.74) is 0.460. The lowest BCUT2D eigenvalue weighted by molar-refractivity contribution is -0.147. The highest BCUT2D eigenvalue weighted by atomic mass is 16.4. The molecule has 1 aromatic rings. The van der Waals surface area contributed by atoms with E-state index in [1.807, 2.05) is 18.2 Å². The van der Waals surface area contributed by atoms with E-state index >= 15 is 0 Å². The molecule has 1 saturated heterocycles. The molecule has 1 saturated carbocycles. The summed E-state index contributed by atoms with van der Waals surface area (Å²) >= 11 is 0. The highest BCUT2D eigenvalue weighted by molar-refractivity contribution is 5.79. The first-order valence-electron chi connectivity index (χ1n) is 8.83. The van der Waals surface area contributed by atoms with Gasteiger partial charge in [-0.3, -0.25) is 4.79 Å². The number of carboxylic acid groups (broad SMARTS) is 1. The fraction of sp³-hybridized carbons (Fsp3) is 0.579. The van der Waals surface area contributed by atoms with Gasteiger partial charge in [0, 0.05) is 25.0 Å². The van der Waals surface area contributed by atoms with Gasteiger partial charge in [-0.2, -0.15) is 0 Å². The average molecular weight is 330 g/mol. The number of nitrogens with one attached hydrogen (secondary N) is 1. The Hall–Kier alpha value is -2.04. The average Bonchev–Trinajstić information content (AvgIpc) is 3.00. The minimum absolute atomic E-state index is 0.118. The Morgan fingerprint density at radius 3 is 2.58 bits per heavy atom. The van der Waals surface area contributed by atoms with Gasteiger partial charge in [-0.1, -0.05) is 43.2 Å². The van der Waals surface area contributed by atoms with Crippen molar-refractivity contribution in [3.8, 4) is 0 Å². The summed E-state index contributed by atoms with van der Waals surface area (Å²) in [6, 6.07) is 10.4. The van der Waals surface area contributed by atoms with Crippen LogP contribution < -0.4 is 5.32 Å². The molecule has 0 bridgehead atoms. The topological polar surface area (TPSA) is 69.6 Å². The molecule has 5 heteroatoms. The number of likely N-dealkylation sites (tertiary alicyclic amines) is 1. The SMILES string of the molecule is CC1(C(=O)O)CCN(C(=O)NC2CCCCC2c2ccccc2)C1. The third kappa shape index (κ3) is 3.40. The van der Waals surface area contributed by atoms with E-state index in [1.54, 1.807) is 11.8 Å². The maximum atomic E-state index is 12.6. The van der Waals surface area contributed by atoms with Crippen LogP contribution in [0.25, 0.3) is 0 Å². The van der Waals surface area contributed by atoms with Gasteiger partial charge >= 0.3 is 12.0 Å². The van der Waals surface area contributed by atoms with Crippen LogP contribution in [0.2, 0.25) is 0 Å². The Balaban J connectivity index is 1.66. The lowest BCUT2D eigenvalue weighted by atomic mass is 9.80. The van der Waals surface area contributed by atoms with Crippen LogP contribution in [0, 0.1) is 5.41 Å². The van der Waals surface area contributed by atoms with Gasteiger partial charge in [-0.15, -0.1) is 0 Å². The minimum Gasteiger partial charge on any atom is -0.481 e. The van der Waals surface area contributed by atoms with Crippen LogP contribution in [-0.2, 0) is 4.79 Å². The highest BCUT2D eigenvalue weighted by Gasteiger charge is 2.42. The molecule has 2 fully saturated rings. The van der Waals surface area contributed by atoms with E-state index in [2.05, 4.69) is 17.4 Å². The number of hydrogen-bond donors (Lipinski definition) is 2. The van der Waals surface area contributed by atoms with Crippen LogP contribution in [0.3, 0.4) is 0 Å². The monoisotopic (exact) mass is 330 g/mol. The van der Waals surface area contributed by atoms with E-state index in [0.29, 0.717) is 18.9 Å². The van der Waals surface area contributed by atoms with Crippen molar-refractivity contribution in [1.82, 2.24) is 10.2 Å². The molecule has 0 spiro atoms. The summed E-state index contributed by atoms with van der Waals surface area (Å²) in [6.07, 6.45) is 4.90. The zero-order valence-corrected chi connectivity index (χ0v) is 14.2. The molecular weight excluding hydrogens is 304 g/mol. The van der Waals surface area contributed by atoms with E-state index in [0.717, 1.165) is 19.3 Å². The number of carbonyl (C=O) groups excluding carboxylic acids is 1. The second-order valence-electron chi connectivity index (χ2n) is 7.39. The third-order valence-electron chi connectivity index (χ3n) is 5.58. The van der Waals surface area contributed by atoms with Crippen molar-refractivity contribution in [2.24, 2.45) is 5.41 Å². The summed E-state index contributed by atoms with van der Waals surface area (Å²) in [6.45, 7) is 2.52. The molecule has 1 heterocycles. The molecule has 130 valence electrons. The Morgan fingerprint density at radius 1 is 1.21 bits per heavy atom. The molecular formula is C19H26N2O3. The van der Waals surface area contributed by atoms with Gasteiger partial charge in [0.2, 0.25) is 0 Å². The summed E-state index contributed by atoms with van der Waals surface area (Å²) in [7, 11) is 0. The zero-order chi connectivity index (χ0) is 17.2. The largest absolute Gasteiger partial charge is 0.481 e. The summed E-state index contributed by atoms with van der Waals surface area (Å²) < 4.78 is 0. The van der Waals surface area contributed by atoms with Crippen LogP contribution in [0.15, 0.2) is 30.3 Å². The molecule has 24 heavy (non-hydrogen) atoms. The van der Waals surface area contributed by atoms with E-state index in [-0.39, 0.29) is 18.6 Å². The van der Waals surface area contributed by atoms with Crippen molar-refractivity contribution in [2.45, 2.75) is 51.0 Å². The van der Waals surface area contributed by atoms with E-state index in [1.165, 1.54) is 12.0 Å². The van der Waals surface area contributed by atoms with Gasteiger partial charge in [0.15, 0.2) is 0 Å². The number of amides is 2. The number of rotatable bonds is 3. The standard InChI is InChI=1S/C19H26N2O3/c1-19(17(22)23)11-12-21(13-19)18(24)20-16-10-6-5-9-15(16)14-7-3-2-4-8-14/h2-4,7-8,15-16H,5-6,9-13H2,1H3,(H,20,24)(H,22,23). The predicted octanol–water partition coefficient (Wildman–Crippen LogP) is 3.22. The lowest BCUT2D eigenvalue weighted by Crippen LogP contribution is -2.48. The van der Waals surface area contributed by atoms with Crippen molar-refractivity contribution < 1.29 is 14.7 Å². The van der Waals surface area contributed by atoms with Crippen LogP contribution in [0.5, 0.6) is 0 Å². The number of urea groups is 1. The second-order valence-corrected chi connectivity index (χ2v) is 7.39. The molecule has 1 aromatic carbocycles. The fourth-order valence-corrected chi connectivity index (χ4v) is 3.96. The maximum absolute atomic E-state index is 12.6. The molecule has 1 aliphatic heterocycles. The Labute approximate surface area is 143 Å². The minimum atomic E-state index is -0.822. The molecule has 2 amide bonds. The molecule has 1 aliphatic carbocycles. The number of hydrogen-bond acceptors (Lipinski definition) is 2. The number of aliphatic carboxylic acids is 1. The van der Waals surface area contributed by atoms with Crippen LogP contribution in [0.1, 0.15) is 50.5 Å². The van der Waals surface area contributed by atoms with E-state index < -0.39 is 11.4 Å². The Kier molecular flexibility index (Phi) is 4.78. The maximum Gasteiger partial charge on any atom is 0.317 e. The molecule has 3 atom stereocenters. The van der Waals surface area contributed by atoms with Crippen molar-refractivity contribution in [3.63, 3.8) is 0 Å². The van der Waals surface area contributed by atoms with E-state index in [4.69, 9.17) is 0 Å². The summed E-state index contributed by atoms with van der Waals surface area (Å²) in [5.74, 6) is -0.477. The number of benzene rings is 1. The summed E-state index contributed by atoms with van der Waals surface area (Å²) in [4.78, 5) is 25.6. The Morgan fingerprint density at radius 2 is 1.92 bits per heavy atom. The van der Waals surface area contributed by atoms with Gasteiger partial charge < -0.3 is 15.3 Å². The second kappa shape index (κ2) is 6.83. The van der Waals surface area contributed by atoms with Gasteiger partial charge in [-0.25, -0.2) is 4.79 Å². The first-order valence-corrected chi connectivity index (χ1v) is 8.83. The molecule has 2 aliphatic rings. The molecule has 5 nitrogen and oxygen atoms in total. The van der Waals surface area contributed by atoms with Crippen molar-refractivity contribution in [1.29, 1.82) is 0 Å². The highest BCUT2D eigenvalue weighted by Crippen LogP contribution is 2.34. The van der Waals surface area contributed by atoms with Gasteiger partial charge in [0.25, 0.3) is 0 Å². The van der Waals surface area contributed by atoms with Gasteiger partial charge in [-0.05, 0) is 31.7 Å². The van der Waals surface area contributed by atoms with Gasteiger partial charge in [0.05, 0.1) is 5.41 Å². The van der Waals surface area contributed by atoms with Crippen molar-refractivity contribution in [2.75, 3.05) is 13.1 Å². The smallest absolute Gasteiger partial charge is 0.317 e. The first kappa shape index (κ1) is 16.8. The molecule has 2 N–H and O–H groups in total. The fourth-order valence-electron chi connectivity index (χ4n) is 3.96. The van der Waals surface area contributed by atoms with Crippen LogP contribution in [-0.4, -0.2) is 41.1 Å². The van der Waals surface area contributed by atoms with Crippen LogP contribution >= 0.6 is 0 Å². The number of carbonyl (C=O) groups is 2. The zero-order valence-electron chi connectivity index (χ0n) is 14.2. The predicted molar refractivity (Wildman–Crippen MR) is 91.9 cm³/mol. The quantitative estimate of drug-likeness (QED) is 0.894. The van der Waals surface area contributed by atoms with Crippen molar-refractivity contribution >= 4 is 12.0 Å². The van der Waals surface area contributed by atoms with Gasteiger partial charge in [0.1, 0.15) is 0 Å². The Bertz CT molecular complexity index is 604. The number of nitrogens with zero attached hydrogens (tertiary/aromatic N) is 1. The molecule has 3 rings (SSSR count). The summed E-state index contributed by atoms with van der Waals surface area (Å²) in [5, 5.41) is 12.5. The first-order chi connectivity index (χ1) is 11.5.